The summed E-state index contributed by atoms with van der Waals surface area (Å²) in [5.41, 5.74) is 1.60. The van der Waals surface area contributed by atoms with Gasteiger partial charge in [0.25, 0.3) is 11.8 Å². The zero-order valence-electron chi connectivity index (χ0n) is 16.5. The number of hydrogen-bond donors (Lipinski definition) is 1. The molecule has 0 aliphatic carbocycles. The summed E-state index contributed by atoms with van der Waals surface area (Å²) in [6, 6.07) is 19.6. The van der Waals surface area contributed by atoms with Gasteiger partial charge in [0.2, 0.25) is 0 Å². The van der Waals surface area contributed by atoms with Crippen LogP contribution < -0.4 is 15.0 Å². The van der Waals surface area contributed by atoms with Gasteiger partial charge in [-0.15, -0.1) is 0 Å². The van der Waals surface area contributed by atoms with Crippen LogP contribution in [-0.2, 0) is 16.2 Å². The minimum Gasteiger partial charge on any atom is -0.489 e. The molecule has 1 heterocycles. The highest BCUT2D eigenvalue weighted by Gasteiger charge is 2.36. The first-order valence-corrected chi connectivity index (χ1v) is 10.3. The molecule has 3 aromatic rings. The van der Waals surface area contributed by atoms with Crippen LogP contribution in [0.4, 0.5) is 10.5 Å². The molecule has 0 atom stereocenters. The molecule has 0 unspecified atom stereocenters. The van der Waals surface area contributed by atoms with Crippen molar-refractivity contribution in [1.29, 1.82) is 0 Å². The predicted octanol–water partition coefficient (Wildman–Crippen LogP) is 5.24. The van der Waals surface area contributed by atoms with Crippen molar-refractivity contribution in [1.82, 2.24) is 5.32 Å². The van der Waals surface area contributed by atoms with Gasteiger partial charge in [0.1, 0.15) is 17.9 Å². The average Bonchev–Trinajstić information content (AvgIpc) is 2.78. The first-order valence-electron chi connectivity index (χ1n) is 9.55. The topological polar surface area (TPSA) is 75.7 Å². The summed E-state index contributed by atoms with van der Waals surface area (Å²) in [7, 11) is 0. The first-order chi connectivity index (χ1) is 15.4. The van der Waals surface area contributed by atoms with Gasteiger partial charge in [-0.3, -0.25) is 14.9 Å². The van der Waals surface area contributed by atoms with Gasteiger partial charge in [-0.1, -0.05) is 53.5 Å². The van der Waals surface area contributed by atoms with Gasteiger partial charge in [0.05, 0.1) is 5.69 Å². The summed E-state index contributed by atoms with van der Waals surface area (Å²) in [5, 5.41) is 3.27. The molecule has 4 rings (SSSR count). The Kier molecular flexibility index (Phi) is 6.25. The lowest BCUT2D eigenvalue weighted by Crippen LogP contribution is -2.54. The van der Waals surface area contributed by atoms with Gasteiger partial charge in [-0.2, -0.15) is 0 Å². The van der Waals surface area contributed by atoms with Gasteiger partial charge < -0.3 is 4.74 Å². The van der Waals surface area contributed by atoms with Crippen molar-refractivity contribution in [3.05, 3.63) is 99.5 Å². The van der Waals surface area contributed by atoms with Crippen LogP contribution in [0.1, 0.15) is 11.1 Å². The van der Waals surface area contributed by atoms with E-state index in [1.165, 1.54) is 18.2 Å². The van der Waals surface area contributed by atoms with E-state index in [-0.39, 0.29) is 5.57 Å². The van der Waals surface area contributed by atoms with Crippen LogP contribution in [-0.4, -0.2) is 17.8 Å². The minimum absolute atomic E-state index is 0.163. The van der Waals surface area contributed by atoms with Gasteiger partial charge in [0.15, 0.2) is 0 Å². The second-order valence-corrected chi connectivity index (χ2v) is 7.73. The number of amides is 4. The van der Waals surface area contributed by atoms with E-state index in [9.17, 15) is 14.4 Å². The second kappa shape index (κ2) is 9.26. The van der Waals surface area contributed by atoms with Crippen LogP contribution >= 0.6 is 23.2 Å². The maximum atomic E-state index is 12.9. The van der Waals surface area contributed by atoms with Crippen LogP contribution in [0.15, 0.2) is 78.4 Å². The number of anilines is 1. The Morgan fingerprint density at radius 2 is 1.56 bits per heavy atom. The van der Waals surface area contributed by atoms with E-state index < -0.39 is 17.8 Å². The SMILES string of the molecule is O=C1NC(=O)N(c2ccc(Cl)cc2)C(=O)/C1=C/c1ccc(OCc2ccccc2Cl)cc1. The van der Waals surface area contributed by atoms with E-state index in [4.69, 9.17) is 27.9 Å². The van der Waals surface area contributed by atoms with Gasteiger partial charge in [-0.05, 0) is 54.1 Å². The normalized spacial score (nSPS) is 15.1. The molecular formula is C24H16Cl2N2O4. The molecule has 3 aromatic carbocycles. The quantitative estimate of drug-likeness (QED) is 0.412. The van der Waals surface area contributed by atoms with E-state index >= 15 is 0 Å². The van der Waals surface area contributed by atoms with Crippen molar-refractivity contribution in [3.8, 4) is 5.75 Å². The fraction of sp³-hybridized carbons (Fsp3) is 0.0417. The Morgan fingerprint density at radius 3 is 2.25 bits per heavy atom. The van der Waals surface area contributed by atoms with Gasteiger partial charge in [0, 0.05) is 15.6 Å². The number of halogens is 2. The Morgan fingerprint density at radius 1 is 0.875 bits per heavy atom. The molecule has 0 spiro atoms. The number of nitrogens with one attached hydrogen (secondary N) is 1. The number of rotatable bonds is 5. The number of hydrogen-bond acceptors (Lipinski definition) is 4. The van der Waals surface area contributed by atoms with E-state index in [2.05, 4.69) is 5.32 Å². The van der Waals surface area contributed by atoms with Crippen molar-refractivity contribution in [3.63, 3.8) is 0 Å². The number of ether oxygens (including phenoxy) is 1. The lowest BCUT2D eigenvalue weighted by Gasteiger charge is -2.26. The zero-order valence-corrected chi connectivity index (χ0v) is 18.1. The van der Waals surface area contributed by atoms with Gasteiger partial charge >= 0.3 is 6.03 Å². The molecule has 1 aliphatic heterocycles. The minimum atomic E-state index is -0.817. The van der Waals surface area contributed by atoms with Crippen molar-refractivity contribution < 1.29 is 19.1 Å². The Labute approximate surface area is 194 Å². The van der Waals surface area contributed by atoms with Crippen LogP contribution in [0.5, 0.6) is 5.75 Å². The van der Waals surface area contributed by atoms with E-state index in [0.29, 0.717) is 33.7 Å². The fourth-order valence-corrected chi connectivity index (χ4v) is 3.40. The van der Waals surface area contributed by atoms with Crippen molar-refractivity contribution >= 4 is 52.8 Å². The number of imide groups is 2. The number of carbonyl (C=O) groups is 3. The molecule has 1 N–H and O–H groups in total. The number of barbiturate groups is 1. The van der Waals surface area contributed by atoms with E-state index in [1.807, 2.05) is 18.2 Å². The largest absolute Gasteiger partial charge is 0.489 e. The summed E-state index contributed by atoms with van der Waals surface area (Å²) < 4.78 is 5.74. The summed E-state index contributed by atoms with van der Waals surface area (Å²) in [4.78, 5) is 38.3. The molecule has 0 radical (unpaired) electrons. The molecule has 0 aromatic heterocycles. The van der Waals surface area contributed by atoms with Crippen LogP contribution in [0.3, 0.4) is 0 Å². The molecule has 4 amide bonds. The fourth-order valence-electron chi connectivity index (χ4n) is 3.09. The Bertz CT molecular complexity index is 1220. The molecule has 6 nitrogen and oxygen atoms in total. The Balaban J connectivity index is 1.52. The Hall–Kier alpha value is -3.61. The molecule has 1 saturated heterocycles. The summed E-state index contributed by atoms with van der Waals surface area (Å²) >= 11 is 12.0. The second-order valence-electron chi connectivity index (χ2n) is 6.88. The number of carbonyl (C=O) groups excluding carboxylic acids is 3. The maximum absolute atomic E-state index is 12.9. The number of urea groups is 1. The maximum Gasteiger partial charge on any atom is 0.335 e. The summed E-state index contributed by atoms with van der Waals surface area (Å²) in [6.45, 7) is 0.305. The summed E-state index contributed by atoms with van der Waals surface area (Å²) in [5.74, 6) is -0.881. The highest BCUT2D eigenvalue weighted by atomic mass is 35.5. The number of nitrogens with zero attached hydrogens (tertiary/aromatic N) is 1. The lowest BCUT2D eigenvalue weighted by molar-refractivity contribution is -0.122. The number of benzene rings is 3. The summed E-state index contributed by atoms with van der Waals surface area (Å²) in [6.07, 6.45) is 1.42. The third-order valence-electron chi connectivity index (χ3n) is 4.73. The average molecular weight is 467 g/mol. The molecular weight excluding hydrogens is 451 g/mol. The van der Waals surface area contributed by atoms with Crippen molar-refractivity contribution in [2.45, 2.75) is 6.61 Å². The molecule has 8 heteroatoms. The molecule has 1 aliphatic rings. The predicted molar refractivity (Wildman–Crippen MR) is 123 cm³/mol. The monoisotopic (exact) mass is 466 g/mol. The van der Waals surface area contributed by atoms with E-state index in [1.54, 1.807) is 42.5 Å². The zero-order chi connectivity index (χ0) is 22.7. The highest BCUT2D eigenvalue weighted by molar-refractivity contribution is 6.39. The van der Waals surface area contributed by atoms with Gasteiger partial charge in [-0.25, -0.2) is 9.69 Å². The van der Waals surface area contributed by atoms with Crippen molar-refractivity contribution in [2.24, 2.45) is 0 Å². The molecule has 0 saturated carbocycles. The van der Waals surface area contributed by atoms with E-state index in [0.717, 1.165) is 10.5 Å². The standard InChI is InChI=1S/C24H16Cl2N2O4/c25-17-7-9-18(10-8-17)28-23(30)20(22(29)27-24(28)31)13-15-5-11-19(12-6-15)32-14-16-3-1-2-4-21(16)26/h1-13H,14H2,(H,27,29,31)/b20-13+. The molecule has 160 valence electrons. The smallest absolute Gasteiger partial charge is 0.335 e. The lowest BCUT2D eigenvalue weighted by atomic mass is 10.1. The molecule has 0 bridgehead atoms. The third kappa shape index (κ3) is 4.66. The highest BCUT2D eigenvalue weighted by Crippen LogP contribution is 2.24. The van der Waals surface area contributed by atoms with Crippen LogP contribution in [0.2, 0.25) is 10.0 Å². The van der Waals surface area contributed by atoms with Crippen LogP contribution in [0.25, 0.3) is 6.08 Å². The molecule has 32 heavy (non-hydrogen) atoms. The third-order valence-corrected chi connectivity index (χ3v) is 5.35. The van der Waals surface area contributed by atoms with Crippen LogP contribution in [0, 0.1) is 0 Å². The first kappa shape index (κ1) is 21.6. The molecule has 1 fully saturated rings. The van der Waals surface area contributed by atoms with Crippen molar-refractivity contribution in [2.75, 3.05) is 4.90 Å².